The normalized spacial score (nSPS) is 11.2. The van der Waals surface area contributed by atoms with E-state index >= 15 is 0 Å². The van der Waals surface area contributed by atoms with Crippen molar-refractivity contribution >= 4 is 27.2 Å². The summed E-state index contributed by atoms with van der Waals surface area (Å²) in [6, 6.07) is 6.24. The lowest BCUT2D eigenvalue weighted by Gasteiger charge is -2.02. The van der Waals surface area contributed by atoms with Crippen molar-refractivity contribution in [2.75, 3.05) is 11.9 Å². The van der Waals surface area contributed by atoms with Gasteiger partial charge >= 0.3 is 0 Å². The van der Waals surface area contributed by atoms with Gasteiger partial charge in [0.25, 0.3) is 0 Å². The summed E-state index contributed by atoms with van der Waals surface area (Å²) in [6.45, 7) is 2.90. The van der Waals surface area contributed by atoms with E-state index in [2.05, 4.69) is 28.5 Å². The first-order valence-electron chi connectivity index (χ1n) is 4.58. The van der Waals surface area contributed by atoms with Crippen molar-refractivity contribution in [3.8, 4) is 0 Å². The molecule has 0 aliphatic rings. The maximum Gasteiger partial charge on any atom is 0.0813 e. The van der Waals surface area contributed by atoms with Gasteiger partial charge in [-0.1, -0.05) is 12.2 Å². The molecule has 2 aromatic rings. The first-order chi connectivity index (χ1) is 6.90. The van der Waals surface area contributed by atoms with E-state index in [9.17, 15) is 0 Å². The number of benzene rings is 1. The van der Waals surface area contributed by atoms with Crippen LogP contribution in [0.25, 0.3) is 10.2 Å². The fourth-order valence-electron chi connectivity index (χ4n) is 1.26. The van der Waals surface area contributed by atoms with Gasteiger partial charge in [0, 0.05) is 12.2 Å². The molecule has 1 N–H and O–H groups in total. The molecule has 0 unspecified atom stereocenters. The second kappa shape index (κ2) is 4.24. The molecule has 0 spiro atoms. The van der Waals surface area contributed by atoms with Crippen LogP contribution in [0.5, 0.6) is 0 Å². The Morgan fingerprint density at radius 2 is 2.43 bits per heavy atom. The van der Waals surface area contributed by atoms with Crippen LogP contribution < -0.4 is 5.32 Å². The van der Waals surface area contributed by atoms with Gasteiger partial charge in [-0.25, -0.2) is 4.98 Å². The number of hydrogen-bond acceptors (Lipinski definition) is 3. The summed E-state index contributed by atoms with van der Waals surface area (Å²) < 4.78 is 1.23. The van der Waals surface area contributed by atoms with Crippen molar-refractivity contribution in [2.45, 2.75) is 6.92 Å². The van der Waals surface area contributed by atoms with Gasteiger partial charge in [0.2, 0.25) is 0 Å². The van der Waals surface area contributed by atoms with Crippen LogP contribution in [0.1, 0.15) is 6.92 Å². The lowest BCUT2D eigenvalue weighted by molar-refractivity contribution is 1.33. The number of allylic oxidation sites excluding steroid dienone is 1. The van der Waals surface area contributed by atoms with Crippen LogP contribution in [-0.2, 0) is 0 Å². The Balaban J connectivity index is 2.17. The molecule has 0 aliphatic carbocycles. The number of aromatic nitrogens is 1. The van der Waals surface area contributed by atoms with E-state index < -0.39 is 0 Å². The van der Waals surface area contributed by atoms with Crippen molar-refractivity contribution < 1.29 is 0 Å². The lowest BCUT2D eigenvalue weighted by atomic mass is 10.3. The minimum atomic E-state index is 0.876. The van der Waals surface area contributed by atoms with E-state index in [1.54, 1.807) is 11.3 Å². The highest BCUT2D eigenvalue weighted by atomic mass is 32.1. The number of thiazole rings is 1. The first-order valence-corrected chi connectivity index (χ1v) is 5.46. The van der Waals surface area contributed by atoms with Gasteiger partial charge in [-0.3, -0.25) is 0 Å². The van der Waals surface area contributed by atoms with Crippen LogP contribution in [0.2, 0.25) is 0 Å². The molecule has 0 radical (unpaired) electrons. The minimum Gasteiger partial charge on any atom is -0.382 e. The van der Waals surface area contributed by atoms with Crippen molar-refractivity contribution in [3.05, 3.63) is 35.9 Å². The van der Waals surface area contributed by atoms with Gasteiger partial charge in [-0.05, 0) is 25.1 Å². The Labute approximate surface area is 87.3 Å². The highest BCUT2D eigenvalue weighted by Gasteiger charge is 1.96. The van der Waals surface area contributed by atoms with Crippen LogP contribution in [0.4, 0.5) is 5.69 Å². The molecule has 14 heavy (non-hydrogen) atoms. The van der Waals surface area contributed by atoms with Crippen LogP contribution in [-0.4, -0.2) is 11.5 Å². The zero-order valence-corrected chi connectivity index (χ0v) is 8.84. The molecule has 0 aliphatic heterocycles. The fraction of sp³-hybridized carbons (Fsp3) is 0.182. The fourth-order valence-corrected chi connectivity index (χ4v) is 1.98. The van der Waals surface area contributed by atoms with E-state index in [0.29, 0.717) is 0 Å². The molecule has 2 nitrogen and oxygen atoms in total. The number of fused-ring (bicyclic) bond motifs is 1. The molecule has 0 atom stereocenters. The third kappa shape index (κ3) is 1.93. The molecule has 0 saturated carbocycles. The van der Waals surface area contributed by atoms with E-state index in [4.69, 9.17) is 0 Å². The zero-order chi connectivity index (χ0) is 9.80. The van der Waals surface area contributed by atoms with Crippen LogP contribution in [0.3, 0.4) is 0 Å². The van der Waals surface area contributed by atoms with Gasteiger partial charge in [0.05, 0.1) is 15.7 Å². The molecule has 1 heterocycles. The van der Waals surface area contributed by atoms with Gasteiger partial charge < -0.3 is 5.32 Å². The number of anilines is 1. The molecule has 0 amide bonds. The third-order valence-electron chi connectivity index (χ3n) is 1.99. The lowest BCUT2D eigenvalue weighted by Crippen LogP contribution is -1.96. The number of nitrogens with one attached hydrogen (secondary N) is 1. The summed E-state index contributed by atoms with van der Waals surface area (Å²) in [5.41, 5.74) is 4.10. The van der Waals surface area contributed by atoms with Crippen molar-refractivity contribution in [1.82, 2.24) is 4.98 Å². The zero-order valence-electron chi connectivity index (χ0n) is 8.03. The maximum absolute atomic E-state index is 4.23. The number of hydrogen-bond donors (Lipinski definition) is 1. The highest BCUT2D eigenvalue weighted by molar-refractivity contribution is 7.16. The Bertz CT molecular complexity index is 445. The molecule has 1 aromatic carbocycles. The average Bonchev–Trinajstić information content (AvgIpc) is 2.65. The molecule has 2 rings (SSSR count). The number of nitrogens with zero attached hydrogens (tertiary/aromatic N) is 1. The predicted octanol–water partition coefficient (Wildman–Crippen LogP) is 3.28. The smallest absolute Gasteiger partial charge is 0.0813 e. The van der Waals surface area contributed by atoms with Crippen molar-refractivity contribution in [3.63, 3.8) is 0 Å². The Hall–Kier alpha value is -1.35. The van der Waals surface area contributed by atoms with E-state index in [0.717, 1.165) is 17.7 Å². The largest absolute Gasteiger partial charge is 0.382 e. The van der Waals surface area contributed by atoms with Crippen molar-refractivity contribution in [2.24, 2.45) is 0 Å². The quantitative estimate of drug-likeness (QED) is 0.776. The predicted molar refractivity (Wildman–Crippen MR) is 62.9 cm³/mol. The summed E-state index contributed by atoms with van der Waals surface area (Å²) in [5.74, 6) is 0. The van der Waals surface area contributed by atoms with Gasteiger partial charge in [-0.15, -0.1) is 11.3 Å². The molecular weight excluding hydrogens is 192 g/mol. The van der Waals surface area contributed by atoms with Gasteiger partial charge in [0.1, 0.15) is 0 Å². The molecular formula is C11H12N2S. The highest BCUT2D eigenvalue weighted by Crippen LogP contribution is 2.21. The Morgan fingerprint density at radius 3 is 3.29 bits per heavy atom. The standard InChI is InChI=1S/C11H12N2S/c1-2-3-6-12-9-4-5-10-11(7-9)14-8-13-10/h2-5,7-8,12H,6H2,1H3/b3-2+. The summed E-state index contributed by atoms with van der Waals surface area (Å²) in [4.78, 5) is 4.23. The van der Waals surface area contributed by atoms with Gasteiger partial charge in [-0.2, -0.15) is 0 Å². The summed E-state index contributed by atoms with van der Waals surface area (Å²) in [5, 5.41) is 3.32. The van der Waals surface area contributed by atoms with Crippen molar-refractivity contribution in [1.29, 1.82) is 0 Å². The molecule has 72 valence electrons. The molecule has 0 saturated heterocycles. The monoisotopic (exact) mass is 204 g/mol. The SMILES string of the molecule is C/C=C/CNc1ccc2ncsc2c1. The third-order valence-corrected chi connectivity index (χ3v) is 2.78. The van der Waals surface area contributed by atoms with Crippen LogP contribution in [0.15, 0.2) is 35.9 Å². The Morgan fingerprint density at radius 1 is 1.50 bits per heavy atom. The second-order valence-corrected chi connectivity index (χ2v) is 3.87. The van der Waals surface area contributed by atoms with E-state index in [-0.39, 0.29) is 0 Å². The van der Waals surface area contributed by atoms with E-state index in [1.807, 2.05) is 24.6 Å². The first kappa shape index (κ1) is 9.21. The van der Waals surface area contributed by atoms with Gasteiger partial charge in [0.15, 0.2) is 0 Å². The number of rotatable bonds is 3. The maximum atomic E-state index is 4.23. The van der Waals surface area contributed by atoms with Crippen LogP contribution >= 0.6 is 11.3 Å². The molecule has 0 bridgehead atoms. The topological polar surface area (TPSA) is 24.9 Å². The van der Waals surface area contributed by atoms with E-state index in [1.165, 1.54) is 4.70 Å². The minimum absolute atomic E-state index is 0.876. The molecule has 3 heteroatoms. The molecule has 1 aromatic heterocycles. The summed E-state index contributed by atoms with van der Waals surface area (Å²) in [6.07, 6.45) is 4.13. The molecule has 0 fully saturated rings. The Kier molecular flexibility index (Phi) is 2.79. The summed E-state index contributed by atoms with van der Waals surface area (Å²) >= 11 is 1.67. The average molecular weight is 204 g/mol. The second-order valence-electron chi connectivity index (χ2n) is 2.98. The summed E-state index contributed by atoms with van der Waals surface area (Å²) in [7, 11) is 0. The van der Waals surface area contributed by atoms with Crippen LogP contribution in [0, 0.1) is 0 Å².